The van der Waals surface area contributed by atoms with Crippen molar-refractivity contribution in [2.45, 2.75) is 0 Å². The molecule has 1 aliphatic heterocycles. The van der Waals surface area contributed by atoms with Crippen LogP contribution in [0.2, 0.25) is 0 Å². The minimum absolute atomic E-state index is 0.0713. The number of aromatic nitrogens is 1. The van der Waals surface area contributed by atoms with E-state index in [9.17, 15) is 9.59 Å². The van der Waals surface area contributed by atoms with Crippen LogP contribution in [-0.2, 0) is 4.79 Å². The van der Waals surface area contributed by atoms with Gasteiger partial charge in [-0.3, -0.25) is 14.5 Å². The number of hydrazone groups is 1. The molecule has 1 N–H and O–H groups in total. The fraction of sp³-hybridized carbons (Fsp3) is 0.0526. The number of benzene rings is 2. The van der Waals surface area contributed by atoms with Crippen LogP contribution in [0, 0.1) is 0 Å². The fourth-order valence-electron chi connectivity index (χ4n) is 2.62. The number of amides is 2. The van der Waals surface area contributed by atoms with Crippen molar-refractivity contribution in [1.82, 2.24) is 10.4 Å². The van der Waals surface area contributed by atoms with Crippen molar-refractivity contribution in [3.05, 3.63) is 72.4 Å². The van der Waals surface area contributed by atoms with E-state index in [0.717, 1.165) is 16.6 Å². The van der Waals surface area contributed by atoms with Crippen molar-refractivity contribution in [3.63, 3.8) is 0 Å². The van der Waals surface area contributed by atoms with Crippen LogP contribution in [0.25, 0.3) is 10.9 Å². The standard InChI is InChI=1S/C19H14N4O2S/c24-17-12-26-19(23(17)14-7-2-1-3-8-14)22-21-18(25)16-11-10-13-6-4-5-9-15(13)20-16/h1-11H,12H2,(H,21,25)/b22-19-. The van der Waals surface area contributed by atoms with Crippen LogP contribution in [0.15, 0.2) is 71.8 Å². The Morgan fingerprint density at radius 2 is 1.81 bits per heavy atom. The third-order valence-electron chi connectivity index (χ3n) is 3.86. The summed E-state index contributed by atoms with van der Waals surface area (Å²) in [6.07, 6.45) is 0. The highest BCUT2D eigenvalue weighted by Crippen LogP contribution is 2.26. The van der Waals surface area contributed by atoms with Crippen molar-refractivity contribution in [2.24, 2.45) is 5.10 Å². The van der Waals surface area contributed by atoms with Gasteiger partial charge in [-0.15, -0.1) is 5.10 Å². The fourth-order valence-corrected chi connectivity index (χ4v) is 3.45. The molecule has 2 heterocycles. The smallest absolute Gasteiger partial charge is 0.273 e. The Kier molecular flexibility index (Phi) is 4.37. The number of carbonyl (C=O) groups is 2. The van der Waals surface area contributed by atoms with Crippen LogP contribution in [0.5, 0.6) is 0 Å². The lowest BCUT2D eigenvalue weighted by Crippen LogP contribution is -2.31. The van der Waals surface area contributed by atoms with E-state index in [2.05, 4.69) is 15.5 Å². The second-order valence-electron chi connectivity index (χ2n) is 5.58. The summed E-state index contributed by atoms with van der Waals surface area (Å²) in [6.45, 7) is 0. The van der Waals surface area contributed by atoms with E-state index >= 15 is 0 Å². The zero-order valence-electron chi connectivity index (χ0n) is 13.6. The molecule has 0 bridgehead atoms. The van der Waals surface area contributed by atoms with Gasteiger partial charge in [-0.05, 0) is 24.3 Å². The van der Waals surface area contributed by atoms with Crippen molar-refractivity contribution >= 4 is 45.3 Å². The molecule has 0 unspecified atom stereocenters. The number of carbonyl (C=O) groups excluding carboxylic acids is 2. The molecule has 1 saturated heterocycles. The van der Waals surface area contributed by atoms with Crippen LogP contribution in [0.3, 0.4) is 0 Å². The molecular formula is C19H14N4O2S. The molecule has 0 radical (unpaired) electrons. The molecule has 26 heavy (non-hydrogen) atoms. The summed E-state index contributed by atoms with van der Waals surface area (Å²) < 4.78 is 0. The van der Waals surface area contributed by atoms with Crippen LogP contribution >= 0.6 is 11.8 Å². The van der Waals surface area contributed by atoms with Gasteiger partial charge in [0.1, 0.15) is 5.69 Å². The molecule has 128 valence electrons. The van der Waals surface area contributed by atoms with Gasteiger partial charge in [-0.2, -0.15) is 0 Å². The molecule has 6 nitrogen and oxygen atoms in total. The highest BCUT2D eigenvalue weighted by molar-refractivity contribution is 8.15. The van der Waals surface area contributed by atoms with Crippen molar-refractivity contribution in [1.29, 1.82) is 0 Å². The van der Waals surface area contributed by atoms with Gasteiger partial charge in [0.15, 0.2) is 5.17 Å². The number of hydrogen-bond donors (Lipinski definition) is 1. The Labute approximate surface area is 153 Å². The lowest BCUT2D eigenvalue weighted by atomic mass is 10.2. The summed E-state index contributed by atoms with van der Waals surface area (Å²) in [4.78, 5) is 30.4. The van der Waals surface area contributed by atoms with Gasteiger partial charge in [0, 0.05) is 5.39 Å². The van der Waals surface area contributed by atoms with Gasteiger partial charge < -0.3 is 0 Å². The summed E-state index contributed by atoms with van der Waals surface area (Å²) in [6, 6.07) is 20.3. The summed E-state index contributed by atoms with van der Waals surface area (Å²) in [7, 11) is 0. The number of anilines is 1. The minimum atomic E-state index is -0.420. The molecule has 0 atom stereocenters. The topological polar surface area (TPSA) is 74.7 Å². The van der Waals surface area contributed by atoms with Crippen molar-refractivity contribution in [2.75, 3.05) is 10.7 Å². The molecule has 3 aromatic rings. The Hall–Kier alpha value is -3.19. The molecule has 7 heteroatoms. The van der Waals surface area contributed by atoms with E-state index < -0.39 is 5.91 Å². The zero-order chi connectivity index (χ0) is 17.9. The highest BCUT2D eigenvalue weighted by atomic mass is 32.2. The van der Waals surface area contributed by atoms with Crippen molar-refractivity contribution in [3.8, 4) is 0 Å². The normalized spacial score (nSPS) is 15.6. The number of nitrogens with one attached hydrogen (secondary N) is 1. The van der Waals surface area contributed by atoms with Gasteiger partial charge in [0.25, 0.3) is 5.91 Å². The van der Waals surface area contributed by atoms with Gasteiger partial charge >= 0.3 is 0 Å². The molecule has 1 fully saturated rings. The van der Waals surface area contributed by atoms with E-state index in [-0.39, 0.29) is 17.4 Å². The summed E-state index contributed by atoms with van der Waals surface area (Å²) in [5, 5.41) is 5.53. The third kappa shape index (κ3) is 3.16. The van der Waals surface area contributed by atoms with Crippen LogP contribution < -0.4 is 10.3 Å². The third-order valence-corrected chi connectivity index (χ3v) is 4.79. The Morgan fingerprint density at radius 3 is 2.65 bits per heavy atom. The van der Waals surface area contributed by atoms with Gasteiger partial charge in [0.2, 0.25) is 5.91 Å². The Balaban J connectivity index is 1.56. The number of thioether (sulfide) groups is 1. The number of fused-ring (bicyclic) bond motifs is 1. The maximum Gasteiger partial charge on any atom is 0.290 e. The largest absolute Gasteiger partial charge is 0.290 e. The second kappa shape index (κ2) is 6.97. The Morgan fingerprint density at radius 1 is 1.04 bits per heavy atom. The monoisotopic (exact) mass is 362 g/mol. The van der Waals surface area contributed by atoms with E-state index in [1.54, 1.807) is 6.07 Å². The molecule has 4 rings (SSSR count). The maximum atomic E-state index is 12.4. The number of rotatable bonds is 3. The van der Waals surface area contributed by atoms with Crippen LogP contribution in [-0.4, -0.2) is 27.7 Å². The summed E-state index contributed by atoms with van der Waals surface area (Å²) in [5.41, 5.74) is 4.23. The molecule has 2 aromatic carbocycles. The molecule has 0 spiro atoms. The number of hydrogen-bond acceptors (Lipinski definition) is 5. The number of nitrogens with zero attached hydrogens (tertiary/aromatic N) is 3. The van der Waals surface area contributed by atoms with E-state index in [0.29, 0.717) is 5.17 Å². The summed E-state index contributed by atoms with van der Waals surface area (Å²) in [5.74, 6) is -0.202. The lowest BCUT2D eigenvalue weighted by Gasteiger charge is -2.15. The molecule has 2 amide bonds. The van der Waals surface area contributed by atoms with E-state index in [1.807, 2.05) is 60.7 Å². The number of amidine groups is 1. The van der Waals surface area contributed by atoms with E-state index in [1.165, 1.54) is 16.7 Å². The molecular weight excluding hydrogens is 348 g/mol. The first-order valence-corrected chi connectivity index (χ1v) is 8.95. The first kappa shape index (κ1) is 16.3. The first-order valence-electron chi connectivity index (χ1n) is 7.97. The molecule has 1 aliphatic rings. The average molecular weight is 362 g/mol. The second-order valence-corrected chi connectivity index (χ2v) is 6.52. The molecule has 1 aromatic heterocycles. The number of pyridine rings is 1. The van der Waals surface area contributed by atoms with Gasteiger partial charge in [0.05, 0.1) is 17.0 Å². The predicted molar refractivity (Wildman–Crippen MR) is 103 cm³/mol. The maximum absolute atomic E-state index is 12.4. The average Bonchev–Trinajstić information content (AvgIpc) is 3.06. The first-order chi connectivity index (χ1) is 12.7. The lowest BCUT2D eigenvalue weighted by molar-refractivity contribution is -0.115. The number of para-hydroxylation sites is 2. The van der Waals surface area contributed by atoms with Gasteiger partial charge in [-0.25, -0.2) is 10.4 Å². The molecule has 0 saturated carbocycles. The van der Waals surface area contributed by atoms with Gasteiger partial charge in [-0.1, -0.05) is 54.2 Å². The summed E-state index contributed by atoms with van der Waals surface area (Å²) >= 11 is 1.28. The quantitative estimate of drug-likeness (QED) is 0.727. The highest BCUT2D eigenvalue weighted by Gasteiger charge is 2.30. The van der Waals surface area contributed by atoms with Crippen LogP contribution in [0.4, 0.5) is 5.69 Å². The SMILES string of the molecule is O=C(N/N=C1\SCC(=O)N1c1ccccc1)c1ccc2ccccc2n1. The molecule has 0 aliphatic carbocycles. The van der Waals surface area contributed by atoms with Crippen molar-refractivity contribution < 1.29 is 9.59 Å². The zero-order valence-corrected chi connectivity index (χ0v) is 14.4. The van der Waals surface area contributed by atoms with Crippen LogP contribution in [0.1, 0.15) is 10.5 Å². The minimum Gasteiger partial charge on any atom is -0.273 e. The Bertz CT molecular complexity index is 1020. The predicted octanol–water partition coefficient (Wildman–Crippen LogP) is 3.02. The van der Waals surface area contributed by atoms with E-state index in [4.69, 9.17) is 0 Å².